The molecule has 0 unspecified atom stereocenters. The fourth-order valence-corrected chi connectivity index (χ4v) is 3.17. The van der Waals surface area contributed by atoms with E-state index in [-0.39, 0.29) is 24.6 Å². The van der Waals surface area contributed by atoms with Gasteiger partial charge < -0.3 is 13.9 Å². The quantitative estimate of drug-likeness (QED) is 0.928. The first-order valence-corrected chi connectivity index (χ1v) is 8.30. The van der Waals surface area contributed by atoms with Crippen LogP contribution in [0.4, 0.5) is 6.01 Å². The van der Waals surface area contributed by atoms with Gasteiger partial charge in [-0.1, -0.05) is 30.4 Å². The lowest BCUT2D eigenvalue weighted by molar-refractivity contribution is -0.120. The first-order chi connectivity index (χ1) is 11.8. The van der Waals surface area contributed by atoms with Gasteiger partial charge in [0.25, 0.3) is 0 Å². The maximum Gasteiger partial charge on any atom is 0.322 e. The van der Waals surface area contributed by atoms with Gasteiger partial charge in [0.1, 0.15) is 0 Å². The van der Waals surface area contributed by atoms with Crippen molar-refractivity contribution in [3.8, 4) is 11.5 Å². The Labute approximate surface area is 139 Å². The molecule has 1 aliphatic heterocycles. The predicted molar refractivity (Wildman–Crippen MR) is 84.9 cm³/mol. The van der Waals surface area contributed by atoms with Gasteiger partial charge in [-0.25, -0.2) is 0 Å². The van der Waals surface area contributed by atoms with Crippen LogP contribution in [-0.4, -0.2) is 22.9 Å². The highest BCUT2D eigenvalue weighted by Crippen LogP contribution is 2.33. The van der Waals surface area contributed by atoms with Gasteiger partial charge in [0.05, 0.1) is 6.42 Å². The SMILES string of the molecule is O=C(Nc1nnc(Cc2ccc3c(c2)OCO3)o1)C1CCCCC1. The summed E-state index contributed by atoms with van der Waals surface area (Å²) in [5.74, 6) is 1.95. The highest BCUT2D eigenvalue weighted by Gasteiger charge is 2.22. The zero-order chi connectivity index (χ0) is 16.4. The first-order valence-electron chi connectivity index (χ1n) is 8.30. The second kappa shape index (κ2) is 6.51. The number of anilines is 1. The van der Waals surface area contributed by atoms with Gasteiger partial charge in [0.2, 0.25) is 18.6 Å². The summed E-state index contributed by atoms with van der Waals surface area (Å²) in [5, 5.41) is 10.7. The molecule has 1 amide bonds. The molecule has 1 N–H and O–H groups in total. The number of rotatable bonds is 4. The molecule has 7 nitrogen and oxygen atoms in total. The minimum atomic E-state index is -0.0204. The summed E-state index contributed by atoms with van der Waals surface area (Å²) >= 11 is 0. The van der Waals surface area contributed by atoms with Crippen molar-refractivity contribution in [3.05, 3.63) is 29.7 Å². The number of ether oxygens (including phenoxy) is 2. The van der Waals surface area contributed by atoms with Crippen molar-refractivity contribution in [3.63, 3.8) is 0 Å². The van der Waals surface area contributed by atoms with Crippen LogP contribution in [0.1, 0.15) is 43.6 Å². The molecule has 0 spiro atoms. The van der Waals surface area contributed by atoms with Crippen LogP contribution in [0.25, 0.3) is 0 Å². The van der Waals surface area contributed by atoms with E-state index in [2.05, 4.69) is 15.5 Å². The van der Waals surface area contributed by atoms with Crippen LogP contribution in [0.3, 0.4) is 0 Å². The maximum absolute atomic E-state index is 12.2. The standard InChI is InChI=1S/C17H19N3O4/c21-16(12-4-2-1-3-5-12)18-17-20-19-15(24-17)9-11-6-7-13-14(8-11)23-10-22-13/h6-8,12H,1-5,9-10H2,(H,18,20,21). The van der Waals surface area contributed by atoms with Gasteiger partial charge in [-0.3, -0.25) is 10.1 Å². The summed E-state index contributed by atoms with van der Waals surface area (Å²) < 4.78 is 16.2. The third kappa shape index (κ3) is 3.20. The molecule has 126 valence electrons. The summed E-state index contributed by atoms with van der Waals surface area (Å²) in [6.45, 7) is 0.247. The van der Waals surface area contributed by atoms with E-state index in [9.17, 15) is 4.79 Å². The molecule has 1 aromatic heterocycles. The van der Waals surface area contributed by atoms with Gasteiger partial charge in [0.15, 0.2) is 11.5 Å². The Morgan fingerprint density at radius 1 is 1.12 bits per heavy atom. The van der Waals surface area contributed by atoms with E-state index in [1.807, 2.05) is 18.2 Å². The highest BCUT2D eigenvalue weighted by atomic mass is 16.7. The van der Waals surface area contributed by atoms with E-state index >= 15 is 0 Å². The number of carbonyl (C=O) groups excluding carboxylic acids is 1. The van der Waals surface area contributed by atoms with Crippen LogP contribution >= 0.6 is 0 Å². The van der Waals surface area contributed by atoms with Gasteiger partial charge >= 0.3 is 6.01 Å². The first kappa shape index (κ1) is 15.0. The van der Waals surface area contributed by atoms with Gasteiger partial charge in [-0.15, -0.1) is 5.10 Å². The lowest BCUT2D eigenvalue weighted by Crippen LogP contribution is -2.24. The Balaban J connectivity index is 1.38. The Bertz CT molecular complexity index is 737. The Morgan fingerprint density at radius 3 is 2.83 bits per heavy atom. The van der Waals surface area contributed by atoms with E-state index in [0.29, 0.717) is 12.3 Å². The minimum Gasteiger partial charge on any atom is -0.454 e. The summed E-state index contributed by atoms with van der Waals surface area (Å²) in [6.07, 6.45) is 5.77. The minimum absolute atomic E-state index is 0.0204. The average molecular weight is 329 g/mol. The fourth-order valence-electron chi connectivity index (χ4n) is 3.17. The third-order valence-corrected chi connectivity index (χ3v) is 4.47. The Hall–Kier alpha value is -2.57. The molecule has 2 aliphatic rings. The van der Waals surface area contributed by atoms with Crippen molar-refractivity contribution >= 4 is 11.9 Å². The van der Waals surface area contributed by atoms with E-state index in [0.717, 1.165) is 42.7 Å². The number of amides is 1. The molecule has 0 atom stereocenters. The molecule has 2 aromatic rings. The number of hydrogen-bond donors (Lipinski definition) is 1. The molecule has 1 saturated carbocycles. The van der Waals surface area contributed by atoms with Crippen molar-refractivity contribution in [1.82, 2.24) is 10.2 Å². The van der Waals surface area contributed by atoms with Crippen LogP contribution in [0, 0.1) is 5.92 Å². The van der Waals surface area contributed by atoms with Crippen LogP contribution in [-0.2, 0) is 11.2 Å². The molecule has 1 aliphatic carbocycles. The molecule has 1 aromatic carbocycles. The second-order valence-electron chi connectivity index (χ2n) is 6.19. The number of carbonyl (C=O) groups is 1. The molecule has 24 heavy (non-hydrogen) atoms. The van der Waals surface area contributed by atoms with Crippen LogP contribution in [0.5, 0.6) is 11.5 Å². The van der Waals surface area contributed by atoms with Gasteiger partial charge in [0, 0.05) is 5.92 Å². The summed E-state index contributed by atoms with van der Waals surface area (Å²) in [6, 6.07) is 5.85. The number of nitrogens with zero attached hydrogens (tertiary/aromatic N) is 2. The third-order valence-electron chi connectivity index (χ3n) is 4.47. The molecule has 7 heteroatoms. The summed E-state index contributed by atoms with van der Waals surface area (Å²) in [7, 11) is 0. The van der Waals surface area contributed by atoms with Crippen molar-refractivity contribution in [2.24, 2.45) is 5.92 Å². The van der Waals surface area contributed by atoms with Gasteiger partial charge in [-0.05, 0) is 30.5 Å². The normalized spacial score (nSPS) is 17.0. The lowest BCUT2D eigenvalue weighted by Gasteiger charge is -2.19. The summed E-state index contributed by atoms with van der Waals surface area (Å²) in [5.41, 5.74) is 0.980. The Morgan fingerprint density at radius 2 is 1.96 bits per heavy atom. The number of benzene rings is 1. The predicted octanol–water partition coefficient (Wildman–Crippen LogP) is 2.91. The number of hydrogen-bond acceptors (Lipinski definition) is 6. The monoisotopic (exact) mass is 329 g/mol. The molecule has 0 saturated heterocycles. The number of aromatic nitrogens is 2. The number of fused-ring (bicyclic) bond motifs is 1. The average Bonchev–Trinajstić information content (AvgIpc) is 3.24. The van der Waals surface area contributed by atoms with Crippen molar-refractivity contribution in [2.75, 3.05) is 12.1 Å². The fraction of sp³-hybridized carbons (Fsp3) is 0.471. The van der Waals surface area contributed by atoms with E-state index in [1.54, 1.807) is 0 Å². The molecule has 4 rings (SSSR count). The smallest absolute Gasteiger partial charge is 0.322 e. The molecular weight excluding hydrogens is 310 g/mol. The lowest BCUT2D eigenvalue weighted by atomic mass is 9.89. The largest absolute Gasteiger partial charge is 0.454 e. The van der Waals surface area contributed by atoms with E-state index in [1.165, 1.54) is 6.42 Å². The van der Waals surface area contributed by atoms with Gasteiger partial charge in [-0.2, -0.15) is 0 Å². The topological polar surface area (TPSA) is 86.5 Å². The Kier molecular flexibility index (Phi) is 4.06. The molecular formula is C17H19N3O4. The van der Waals surface area contributed by atoms with E-state index < -0.39 is 0 Å². The summed E-state index contributed by atoms with van der Waals surface area (Å²) in [4.78, 5) is 12.2. The van der Waals surface area contributed by atoms with Crippen LogP contribution in [0.15, 0.2) is 22.6 Å². The number of nitrogens with one attached hydrogen (secondary N) is 1. The zero-order valence-electron chi connectivity index (χ0n) is 13.3. The van der Waals surface area contributed by atoms with Crippen LogP contribution in [0.2, 0.25) is 0 Å². The highest BCUT2D eigenvalue weighted by molar-refractivity contribution is 5.90. The van der Waals surface area contributed by atoms with Crippen molar-refractivity contribution in [1.29, 1.82) is 0 Å². The van der Waals surface area contributed by atoms with Crippen LogP contribution < -0.4 is 14.8 Å². The van der Waals surface area contributed by atoms with Crippen molar-refractivity contribution in [2.45, 2.75) is 38.5 Å². The molecule has 0 bridgehead atoms. The molecule has 0 radical (unpaired) electrons. The van der Waals surface area contributed by atoms with E-state index in [4.69, 9.17) is 13.9 Å². The second-order valence-corrected chi connectivity index (χ2v) is 6.19. The zero-order valence-corrected chi connectivity index (χ0v) is 13.3. The molecule has 2 heterocycles. The van der Waals surface area contributed by atoms with Crippen molar-refractivity contribution < 1.29 is 18.7 Å². The molecule has 1 fully saturated rings. The maximum atomic E-state index is 12.2.